The van der Waals surface area contributed by atoms with Crippen molar-refractivity contribution in [2.75, 3.05) is 17.3 Å². The Morgan fingerprint density at radius 2 is 2.06 bits per heavy atom. The van der Waals surface area contributed by atoms with E-state index in [2.05, 4.69) is 0 Å². The number of Topliss-reactive ketones (excluding diaryl/α,β-unsaturated/α-hetero) is 1. The Labute approximate surface area is 102 Å². The predicted octanol–water partition coefficient (Wildman–Crippen LogP) is 2.15. The second-order valence-electron chi connectivity index (χ2n) is 3.53. The van der Waals surface area contributed by atoms with Gasteiger partial charge in [0.1, 0.15) is 5.82 Å². The number of carbonyl (C=O) groups is 2. The Hall–Kier alpha value is -1.68. The summed E-state index contributed by atoms with van der Waals surface area (Å²) in [6, 6.07) is 3.74. The first-order valence-corrected chi connectivity index (χ1v) is 5.55. The molecule has 88 valence electrons. The van der Waals surface area contributed by atoms with Crippen LogP contribution in [0.4, 0.5) is 10.1 Å². The first-order chi connectivity index (χ1) is 8.15. The molecule has 0 atom stereocenters. The second-order valence-corrected chi connectivity index (χ2v) is 3.84. The van der Waals surface area contributed by atoms with E-state index in [0.717, 1.165) is 6.07 Å². The van der Waals surface area contributed by atoms with Crippen molar-refractivity contribution in [2.24, 2.45) is 0 Å². The molecular formula is C12H9ClFNO2. The summed E-state index contributed by atoms with van der Waals surface area (Å²) in [4.78, 5) is 24.5. The summed E-state index contributed by atoms with van der Waals surface area (Å²) >= 11 is 5.47. The van der Waals surface area contributed by atoms with E-state index in [-0.39, 0.29) is 12.1 Å². The van der Waals surface area contributed by atoms with Gasteiger partial charge >= 0.3 is 0 Å². The van der Waals surface area contributed by atoms with Crippen molar-refractivity contribution in [3.63, 3.8) is 0 Å². The molecule has 0 radical (unpaired) electrons. The number of nitrogens with zero attached hydrogens (tertiary/aromatic N) is 1. The number of rotatable bonds is 3. The number of hydrogen-bond donors (Lipinski definition) is 0. The average Bonchev–Trinajstić information content (AvgIpc) is 2.54. The third-order valence-electron chi connectivity index (χ3n) is 2.48. The van der Waals surface area contributed by atoms with E-state index in [1.165, 1.54) is 17.0 Å². The molecule has 1 aromatic rings. The van der Waals surface area contributed by atoms with Gasteiger partial charge in [-0.05, 0) is 18.2 Å². The van der Waals surface area contributed by atoms with Gasteiger partial charge in [0.15, 0.2) is 0 Å². The third-order valence-corrected chi connectivity index (χ3v) is 2.66. The van der Waals surface area contributed by atoms with E-state index in [9.17, 15) is 14.0 Å². The summed E-state index contributed by atoms with van der Waals surface area (Å²) in [5.74, 6) is -1.49. The lowest BCUT2D eigenvalue weighted by atomic mass is 10.1. The molecule has 1 aliphatic rings. The summed E-state index contributed by atoms with van der Waals surface area (Å²) < 4.78 is 13.0. The van der Waals surface area contributed by atoms with Crippen LogP contribution in [-0.2, 0) is 4.79 Å². The summed E-state index contributed by atoms with van der Waals surface area (Å²) in [5.41, 5.74) is 0.565. The number of fused-ring (bicyclic) bond motifs is 1. The molecule has 1 amide bonds. The maximum atomic E-state index is 13.0. The van der Waals surface area contributed by atoms with E-state index < -0.39 is 17.5 Å². The molecule has 0 bridgehead atoms. The first kappa shape index (κ1) is 11.8. The number of alkyl halides is 1. The predicted molar refractivity (Wildman–Crippen MR) is 62.9 cm³/mol. The van der Waals surface area contributed by atoms with E-state index >= 15 is 0 Å². The van der Waals surface area contributed by atoms with Gasteiger partial charge in [-0.25, -0.2) is 4.39 Å². The Bertz CT molecular complexity index is 513. The van der Waals surface area contributed by atoms with Gasteiger partial charge < -0.3 is 4.90 Å². The van der Waals surface area contributed by atoms with Gasteiger partial charge in [-0.3, -0.25) is 9.59 Å². The number of amides is 1. The largest absolute Gasteiger partial charge is 0.301 e. The van der Waals surface area contributed by atoms with Crippen molar-refractivity contribution >= 4 is 29.0 Å². The number of carbonyl (C=O) groups excluding carboxylic acids is 2. The Morgan fingerprint density at radius 3 is 2.76 bits per heavy atom. The molecule has 0 aliphatic carbocycles. The van der Waals surface area contributed by atoms with E-state index in [0.29, 0.717) is 11.6 Å². The normalized spacial score (nSPS) is 14.8. The lowest BCUT2D eigenvalue weighted by molar-refractivity contribution is -0.114. The molecule has 1 aromatic carbocycles. The Balaban J connectivity index is 2.34. The van der Waals surface area contributed by atoms with E-state index in [1.807, 2.05) is 0 Å². The van der Waals surface area contributed by atoms with Crippen LogP contribution in [0.2, 0.25) is 0 Å². The fourth-order valence-corrected chi connectivity index (χ4v) is 1.82. The van der Waals surface area contributed by atoms with Gasteiger partial charge in [0.05, 0.1) is 11.3 Å². The Morgan fingerprint density at radius 1 is 1.29 bits per heavy atom. The minimum Gasteiger partial charge on any atom is -0.301 e. The van der Waals surface area contributed by atoms with Crippen LogP contribution in [0.3, 0.4) is 0 Å². The number of halogens is 2. The minimum absolute atomic E-state index is 0.120. The van der Waals surface area contributed by atoms with Crippen LogP contribution in [-0.4, -0.2) is 24.1 Å². The summed E-state index contributed by atoms with van der Waals surface area (Å²) in [5, 5.41) is 0. The highest BCUT2D eigenvalue weighted by atomic mass is 35.5. The van der Waals surface area contributed by atoms with Crippen molar-refractivity contribution in [1.82, 2.24) is 0 Å². The molecule has 0 saturated carbocycles. The first-order valence-electron chi connectivity index (χ1n) is 5.02. The maximum Gasteiger partial charge on any atom is 0.299 e. The number of allylic oxidation sites excluding steroid dienone is 1. The zero-order valence-corrected chi connectivity index (χ0v) is 9.58. The average molecular weight is 254 g/mol. The van der Waals surface area contributed by atoms with Crippen LogP contribution in [0.5, 0.6) is 0 Å². The highest BCUT2D eigenvalue weighted by Crippen LogP contribution is 2.29. The Kier molecular flexibility index (Phi) is 3.24. The van der Waals surface area contributed by atoms with E-state index in [4.69, 9.17) is 11.6 Å². The van der Waals surface area contributed by atoms with Gasteiger partial charge in [0.25, 0.3) is 11.7 Å². The van der Waals surface area contributed by atoms with Crippen molar-refractivity contribution in [1.29, 1.82) is 0 Å². The highest BCUT2D eigenvalue weighted by Gasteiger charge is 2.35. The molecule has 3 nitrogen and oxygen atoms in total. The smallest absolute Gasteiger partial charge is 0.299 e. The van der Waals surface area contributed by atoms with Gasteiger partial charge in [0, 0.05) is 12.4 Å². The number of ketones is 1. The number of anilines is 1. The highest BCUT2D eigenvalue weighted by molar-refractivity contribution is 6.52. The molecule has 0 fully saturated rings. The zero-order chi connectivity index (χ0) is 12.4. The summed E-state index contributed by atoms with van der Waals surface area (Å²) in [6.45, 7) is 0.260. The van der Waals surface area contributed by atoms with Crippen LogP contribution in [0.15, 0.2) is 30.4 Å². The molecule has 1 aliphatic heterocycles. The quantitative estimate of drug-likeness (QED) is 0.470. The molecule has 0 unspecified atom stereocenters. The minimum atomic E-state index is -0.668. The SMILES string of the molecule is O=C1C(=O)N(CC=CCCl)c2ccc(F)cc21. The molecular weight excluding hydrogens is 245 g/mol. The summed E-state index contributed by atoms with van der Waals surface area (Å²) in [6.07, 6.45) is 3.37. The van der Waals surface area contributed by atoms with Crippen LogP contribution in [0, 0.1) is 5.82 Å². The summed E-state index contributed by atoms with van der Waals surface area (Å²) in [7, 11) is 0. The van der Waals surface area contributed by atoms with Crippen molar-refractivity contribution in [3.8, 4) is 0 Å². The molecule has 17 heavy (non-hydrogen) atoms. The van der Waals surface area contributed by atoms with Gasteiger partial charge in [-0.1, -0.05) is 12.2 Å². The van der Waals surface area contributed by atoms with Crippen molar-refractivity contribution in [3.05, 3.63) is 41.7 Å². The fourth-order valence-electron chi connectivity index (χ4n) is 1.70. The van der Waals surface area contributed by atoms with Crippen molar-refractivity contribution in [2.45, 2.75) is 0 Å². The zero-order valence-electron chi connectivity index (χ0n) is 8.82. The fraction of sp³-hybridized carbons (Fsp3) is 0.167. The van der Waals surface area contributed by atoms with Crippen LogP contribution < -0.4 is 4.90 Å². The maximum absolute atomic E-state index is 13.0. The lowest BCUT2D eigenvalue weighted by Crippen LogP contribution is -2.29. The van der Waals surface area contributed by atoms with Gasteiger partial charge in [-0.2, -0.15) is 0 Å². The van der Waals surface area contributed by atoms with Crippen LogP contribution in [0.25, 0.3) is 0 Å². The lowest BCUT2D eigenvalue weighted by Gasteiger charge is -2.13. The molecule has 0 N–H and O–H groups in total. The molecule has 0 spiro atoms. The molecule has 2 rings (SSSR count). The van der Waals surface area contributed by atoms with Crippen LogP contribution >= 0.6 is 11.6 Å². The third kappa shape index (κ3) is 2.08. The standard InChI is InChI=1S/C12H9ClFNO2/c13-5-1-2-6-15-10-4-3-8(14)7-9(10)11(16)12(15)17/h1-4,7H,5-6H2. The van der Waals surface area contributed by atoms with Crippen molar-refractivity contribution < 1.29 is 14.0 Å². The number of benzene rings is 1. The molecule has 0 saturated heterocycles. The monoisotopic (exact) mass is 253 g/mol. The topological polar surface area (TPSA) is 37.4 Å². The molecule has 5 heteroatoms. The number of hydrogen-bond acceptors (Lipinski definition) is 2. The second kappa shape index (κ2) is 4.67. The molecule has 0 aromatic heterocycles. The molecule has 1 heterocycles. The van der Waals surface area contributed by atoms with E-state index in [1.54, 1.807) is 12.2 Å². The van der Waals surface area contributed by atoms with Gasteiger partial charge in [-0.15, -0.1) is 11.6 Å². The van der Waals surface area contributed by atoms with Gasteiger partial charge in [0.2, 0.25) is 0 Å². The van der Waals surface area contributed by atoms with Crippen LogP contribution in [0.1, 0.15) is 10.4 Å².